The van der Waals surface area contributed by atoms with Crippen molar-refractivity contribution in [2.75, 3.05) is 0 Å². The fraction of sp³-hybridized carbons (Fsp3) is 0.533. The zero-order chi connectivity index (χ0) is 13.8. The van der Waals surface area contributed by atoms with Gasteiger partial charge in [0.25, 0.3) is 5.91 Å². The molecule has 0 spiro atoms. The van der Waals surface area contributed by atoms with Gasteiger partial charge in [0.05, 0.1) is 0 Å². The molecule has 3 atom stereocenters. The molecule has 1 aromatic rings. The van der Waals surface area contributed by atoms with Gasteiger partial charge in [-0.15, -0.1) is 0 Å². The molecule has 0 radical (unpaired) electrons. The maximum absolute atomic E-state index is 12.8. The van der Waals surface area contributed by atoms with E-state index in [1.807, 2.05) is 0 Å². The molecule has 3 nitrogen and oxygen atoms in total. The van der Waals surface area contributed by atoms with E-state index in [1.165, 1.54) is 24.3 Å². The zero-order valence-electron chi connectivity index (χ0n) is 11.4. The molecule has 19 heavy (non-hydrogen) atoms. The van der Waals surface area contributed by atoms with Gasteiger partial charge in [-0.05, 0) is 56.4 Å². The van der Waals surface area contributed by atoms with Gasteiger partial charge in [-0.2, -0.15) is 0 Å². The Bertz CT molecular complexity index is 432. The first-order valence-electron chi connectivity index (χ1n) is 6.77. The fourth-order valence-corrected chi connectivity index (χ4v) is 2.43. The van der Waals surface area contributed by atoms with Gasteiger partial charge in [0, 0.05) is 6.04 Å². The van der Waals surface area contributed by atoms with Gasteiger partial charge in [0.1, 0.15) is 11.6 Å². The van der Waals surface area contributed by atoms with Crippen molar-refractivity contribution in [3.8, 4) is 5.75 Å². The summed E-state index contributed by atoms with van der Waals surface area (Å²) in [6.07, 6.45) is 2.67. The molecule has 4 heteroatoms. The summed E-state index contributed by atoms with van der Waals surface area (Å²) in [5, 5.41) is 3.00. The SMILES string of the molecule is CC1CCC(NC(=O)C(C)Oc2ccc(F)cc2)C1. The minimum atomic E-state index is -0.568. The van der Waals surface area contributed by atoms with E-state index in [-0.39, 0.29) is 17.8 Å². The predicted molar refractivity (Wildman–Crippen MR) is 71.4 cm³/mol. The molecule has 1 aliphatic carbocycles. The molecule has 0 aromatic heterocycles. The van der Waals surface area contributed by atoms with E-state index >= 15 is 0 Å². The standard InChI is InChI=1S/C15H20FNO2/c1-10-3-6-13(9-10)17-15(18)11(2)19-14-7-4-12(16)5-8-14/h4-5,7-8,10-11,13H,3,6,9H2,1-2H3,(H,17,18). The summed E-state index contributed by atoms with van der Waals surface area (Å²) in [6.45, 7) is 3.90. The lowest BCUT2D eigenvalue weighted by atomic mass is 10.1. The Labute approximate surface area is 113 Å². The van der Waals surface area contributed by atoms with Gasteiger partial charge in [-0.3, -0.25) is 4.79 Å². The molecular formula is C15H20FNO2. The summed E-state index contributed by atoms with van der Waals surface area (Å²) in [4.78, 5) is 12.0. The Kier molecular flexibility index (Phi) is 4.40. The van der Waals surface area contributed by atoms with Crippen molar-refractivity contribution in [2.45, 2.75) is 45.3 Å². The van der Waals surface area contributed by atoms with Crippen LogP contribution in [-0.4, -0.2) is 18.1 Å². The summed E-state index contributed by atoms with van der Waals surface area (Å²) in [7, 11) is 0. The van der Waals surface area contributed by atoms with Crippen LogP contribution in [0, 0.1) is 11.7 Å². The molecule has 0 saturated heterocycles. The molecule has 0 heterocycles. The summed E-state index contributed by atoms with van der Waals surface area (Å²) in [5.74, 6) is 0.760. The minimum absolute atomic E-state index is 0.108. The first kappa shape index (κ1) is 13.8. The molecule has 1 aliphatic rings. The lowest BCUT2D eigenvalue weighted by molar-refractivity contribution is -0.127. The molecule has 0 bridgehead atoms. The Morgan fingerprint density at radius 3 is 2.63 bits per heavy atom. The number of hydrogen-bond acceptors (Lipinski definition) is 2. The Balaban J connectivity index is 1.83. The van der Waals surface area contributed by atoms with Crippen LogP contribution in [0.3, 0.4) is 0 Å². The van der Waals surface area contributed by atoms with Crippen LogP contribution in [0.1, 0.15) is 33.1 Å². The average molecular weight is 265 g/mol. The third-order valence-corrected chi connectivity index (χ3v) is 3.54. The van der Waals surface area contributed by atoms with Crippen molar-refractivity contribution in [2.24, 2.45) is 5.92 Å². The molecule has 1 N–H and O–H groups in total. The summed E-state index contributed by atoms with van der Waals surface area (Å²) >= 11 is 0. The van der Waals surface area contributed by atoms with E-state index in [1.54, 1.807) is 6.92 Å². The topological polar surface area (TPSA) is 38.3 Å². The maximum Gasteiger partial charge on any atom is 0.260 e. The van der Waals surface area contributed by atoms with Crippen molar-refractivity contribution >= 4 is 5.91 Å². The predicted octanol–water partition coefficient (Wildman–Crippen LogP) is 2.90. The van der Waals surface area contributed by atoms with E-state index in [9.17, 15) is 9.18 Å². The molecule has 2 rings (SSSR count). The van der Waals surface area contributed by atoms with Crippen LogP contribution in [0.15, 0.2) is 24.3 Å². The number of carbonyl (C=O) groups is 1. The highest BCUT2D eigenvalue weighted by atomic mass is 19.1. The van der Waals surface area contributed by atoms with Crippen molar-refractivity contribution in [1.82, 2.24) is 5.32 Å². The van der Waals surface area contributed by atoms with E-state index in [0.29, 0.717) is 11.7 Å². The number of rotatable bonds is 4. The highest BCUT2D eigenvalue weighted by Crippen LogP contribution is 2.24. The Morgan fingerprint density at radius 1 is 1.37 bits per heavy atom. The van der Waals surface area contributed by atoms with E-state index in [4.69, 9.17) is 4.74 Å². The fourth-order valence-electron chi connectivity index (χ4n) is 2.43. The number of halogens is 1. The highest BCUT2D eigenvalue weighted by molar-refractivity contribution is 5.81. The lowest BCUT2D eigenvalue weighted by Crippen LogP contribution is -2.41. The largest absolute Gasteiger partial charge is 0.481 e. The molecule has 1 amide bonds. The van der Waals surface area contributed by atoms with Crippen LogP contribution in [-0.2, 0) is 4.79 Å². The quantitative estimate of drug-likeness (QED) is 0.909. The molecule has 0 aliphatic heterocycles. The first-order chi connectivity index (χ1) is 9.04. The number of ether oxygens (including phenoxy) is 1. The van der Waals surface area contributed by atoms with Crippen LogP contribution >= 0.6 is 0 Å². The van der Waals surface area contributed by atoms with Crippen LogP contribution < -0.4 is 10.1 Å². The highest BCUT2D eigenvalue weighted by Gasteiger charge is 2.25. The normalized spacial score (nSPS) is 23.9. The van der Waals surface area contributed by atoms with Crippen molar-refractivity contribution in [3.05, 3.63) is 30.1 Å². The van der Waals surface area contributed by atoms with Gasteiger partial charge in [0.15, 0.2) is 6.10 Å². The second-order valence-corrected chi connectivity index (χ2v) is 5.34. The number of carbonyl (C=O) groups excluding carboxylic acids is 1. The second kappa shape index (κ2) is 6.04. The third-order valence-electron chi connectivity index (χ3n) is 3.54. The van der Waals surface area contributed by atoms with E-state index < -0.39 is 6.10 Å². The molecule has 1 fully saturated rings. The van der Waals surface area contributed by atoms with Crippen LogP contribution in [0.4, 0.5) is 4.39 Å². The monoisotopic (exact) mass is 265 g/mol. The van der Waals surface area contributed by atoms with Crippen molar-refractivity contribution < 1.29 is 13.9 Å². The second-order valence-electron chi connectivity index (χ2n) is 5.34. The van der Waals surface area contributed by atoms with E-state index in [0.717, 1.165) is 19.3 Å². The van der Waals surface area contributed by atoms with Gasteiger partial charge in [-0.1, -0.05) is 6.92 Å². The van der Waals surface area contributed by atoms with Gasteiger partial charge < -0.3 is 10.1 Å². The molecule has 104 valence electrons. The smallest absolute Gasteiger partial charge is 0.260 e. The Morgan fingerprint density at radius 2 is 2.05 bits per heavy atom. The molecule has 3 unspecified atom stereocenters. The number of hydrogen-bond donors (Lipinski definition) is 1. The summed E-state index contributed by atoms with van der Waals surface area (Å²) < 4.78 is 18.2. The molecular weight excluding hydrogens is 245 g/mol. The van der Waals surface area contributed by atoms with Gasteiger partial charge in [0.2, 0.25) is 0 Å². The molecule has 1 aromatic carbocycles. The number of nitrogens with one attached hydrogen (secondary N) is 1. The maximum atomic E-state index is 12.8. The Hall–Kier alpha value is -1.58. The number of benzene rings is 1. The van der Waals surface area contributed by atoms with Gasteiger partial charge >= 0.3 is 0 Å². The average Bonchev–Trinajstić information content (AvgIpc) is 2.77. The number of amides is 1. The van der Waals surface area contributed by atoms with E-state index in [2.05, 4.69) is 12.2 Å². The molecule has 1 saturated carbocycles. The van der Waals surface area contributed by atoms with Gasteiger partial charge in [-0.25, -0.2) is 4.39 Å². The van der Waals surface area contributed by atoms with Crippen molar-refractivity contribution in [1.29, 1.82) is 0 Å². The van der Waals surface area contributed by atoms with Crippen LogP contribution in [0.25, 0.3) is 0 Å². The minimum Gasteiger partial charge on any atom is -0.481 e. The third kappa shape index (κ3) is 3.94. The first-order valence-corrected chi connectivity index (χ1v) is 6.77. The summed E-state index contributed by atoms with van der Waals surface area (Å²) in [6, 6.07) is 5.95. The zero-order valence-corrected chi connectivity index (χ0v) is 11.4. The lowest BCUT2D eigenvalue weighted by Gasteiger charge is -2.18. The summed E-state index contributed by atoms with van der Waals surface area (Å²) in [5.41, 5.74) is 0. The van der Waals surface area contributed by atoms with Crippen LogP contribution in [0.5, 0.6) is 5.75 Å². The van der Waals surface area contributed by atoms with Crippen molar-refractivity contribution in [3.63, 3.8) is 0 Å². The van der Waals surface area contributed by atoms with Crippen LogP contribution in [0.2, 0.25) is 0 Å².